The minimum atomic E-state index is -0.417. The molecule has 1 aromatic heterocycles. The average molecular weight is 370 g/mol. The second-order valence-corrected chi connectivity index (χ2v) is 6.68. The summed E-state index contributed by atoms with van der Waals surface area (Å²) >= 11 is 6.09. The molecule has 0 atom stereocenters. The van der Waals surface area contributed by atoms with Crippen LogP contribution in [0.2, 0.25) is 5.02 Å². The van der Waals surface area contributed by atoms with Crippen molar-refractivity contribution in [2.75, 3.05) is 11.1 Å². The monoisotopic (exact) mass is 369 g/mol. The number of aryl methyl sites for hydroxylation is 2. The standard InChI is InChI=1S/C19H20ClN5O/c1-11-7-8-12(2)14(9-11)10-25-18(21)17(23-24-25)19(26)22-16-6-4-5-15(20)13(16)3/h4-9H,10,21H2,1-3H3,(H,22,26). The number of benzene rings is 2. The van der Waals surface area contributed by atoms with E-state index in [2.05, 4.69) is 27.8 Å². The molecule has 3 rings (SSSR count). The zero-order valence-corrected chi connectivity index (χ0v) is 15.6. The number of amides is 1. The molecule has 1 heterocycles. The van der Waals surface area contributed by atoms with E-state index in [4.69, 9.17) is 17.3 Å². The molecule has 0 spiro atoms. The molecule has 0 radical (unpaired) electrons. The number of nitrogens with two attached hydrogens (primary N) is 1. The van der Waals surface area contributed by atoms with E-state index >= 15 is 0 Å². The molecule has 0 aliphatic rings. The molecule has 3 aromatic rings. The lowest BCUT2D eigenvalue weighted by Crippen LogP contribution is -2.16. The van der Waals surface area contributed by atoms with E-state index in [1.807, 2.05) is 26.8 Å². The molecule has 0 unspecified atom stereocenters. The van der Waals surface area contributed by atoms with Crippen LogP contribution in [0.25, 0.3) is 0 Å². The van der Waals surface area contributed by atoms with Crippen LogP contribution in [0.1, 0.15) is 32.7 Å². The van der Waals surface area contributed by atoms with Crippen LogP contribution in [0.4, 0.5) is 11.5 Å². The summed E-state index contributed by atoms with van der Waals surface area (Å²) in [5.74, 6) is -0.192. The lowest BCUT2D eigenvalue weighted by atomic mass is 10.1. The molecule has 0 saturated heterocycles. The van der Waals surface area contributed by atoms with Crippen LogP contribution in [-0.4, -0.2) is 20.9 Å². The Kier molecular flexibility index (Phi) is 4.95. The number of hydrogen-bond acceptors (Lipinski definition) is 4. The van der Waals surface area contributed by atoms with Crippen molar-refractivity contribution in [3.8, 4) is 0 Å². The second-order valence-electron chi connectivity index (χ2n) is 6.28. The molecule has 1 amide bonds. The minimum absolute atomic E-state index is 0.0923. The van der Waals surface area contributed by atoms with Crippen molar-refractivity contribution >= 4 is 29.0 Å². The number of hydrogen-bond donors (Lipinski definition) is 2. The topological polar surface area (TPSA) is 85.8 Å². The van der Waals surface area contributed by atoms with E-state index in [-0.39, 0.29) is 11.5 Å². The van der Waals surface area contributed by atoms with Crippen molar-refractivity contribution in [2.24, 2.45) is 0 Å². The summed E-state index contributed by atoms with van der Waals surface area (Å²) in [7, 11) is 0. The quantitative estimate of drug-likeness (QED) is 0.733. The van der Waals surface area contributed by atoms with E-state index in [1.54, 1.807) is 18.2 Å². The molecular weight excluding hydrogens is 350 g/mol. The third-order valence-corrected chi connectivity index (χ3v) is 4.74. The molecule has 0 saturated carbocycles. The van der Waals surface area contributed by atoms with Gasteiger partial charge in [-0.05, 0) is 49.6 Å². The zero-order valence-electron chi connectivity index (χ0n) is 14.9. The fourth-order valence-corrected chi connectivity index (χ4v) is 2.83. The van der Waals surface area contributed by atoms with Crippen molar-refractivity contribution in [1.82, 2.24) is 15.0 Å². The highest BCUT2D eigenvalue weighted by Gasteiger charge is 2.19. The second kappa shape index (κ2) is 7.17. The van der Waals surface area contributed by atoms with Crippen LogP contribution in [0, 0.1) is 20.8 Å². The normalized spacial score (nSPS) is 10.8. The highest BCUT2D eigenvalue weighted by Crippen LogP contribution is 2.24. The number of nitrogens with zero attached hydrogens (tertiary/aromatic N) is 3. The van der Waals surface area contributed by atoms with Gasteiger partial charge in [0.15, 0.2) is 11.5 Å². The molecule has 134 valence electrons. The molecule has 3 N–H and O–H groups in total. The Labute approximate surface area is 157 Å². The lowest BCUT2D eigenvalue weighted by Gasteiger charge is -2.09. The van der Waals surface area contributed by atoms with Gasteiger partial charge in [0.1, 0.15) is 0 Å². The van der Waals surface area contributed by atoms with Crippen LogP contribution < -0.4 is 11.1 Å². The first kappa shape index (κ1) is 17.9. The number of rotatable bonds is 4. The van der Waals surface area contributed by atoms with Crippen LogP contribution in [-0.2, 0) is 6.54 Å². The summed E-state index contributed by atoms with van der Waals surface area (Å²) in [6.07, 6.45) is 0. The maximum absolute atomic E-state index is 12.5. The largest absolute Gasteiger partial charge is 0.382 e. The van der Waals surface area contributed by atoms with Crippen molar-refractivity contribution in [3.63, 3.8) is 0 Å². The SMILES string of the molecule is Cc1ccc(C)c(Cn2nnc(C(=O)Nc3cccc(Cl)c3C)c2N)c1. The molecule has 6 nitrogen and oxygen atoms in total. The third-order valence-electron chi connectivity index (χ3n) is 4.33. The predicted molar refractivity (Wildman–Crippen MR) is 104 cm³/mol. The molecule has 0 fully saturated rings. The van der Waals surface area contributed by atoms with Gasteiger partial charge in [0.05, 0.1) is 6.54 Å². The van der Waals surface area contributed by atoms with Crippen molar-refractivity contribution < 1.29 is 4.79 Å². The van der Waals surface area contributed by atoms with E-state index in [0.29, 0.717) is 17.3 Å². The lowest BCUT2D eigenvalue weighted by molar-refractivity contribution is 0.102. The summed E-state index contributed by atoms with van der Waals surface area (Å²) in [6.45, 7) is 6.34. The van der Waals surface area contributed by atoms with Gasteiger partial charge in [-0.3, -0.25) is 4.79 Å². The average Bonchev–Trinajstić information content (AvgIpc) is 2.96. The van der Waals surface area contributed by atoms with E-state index in [1.165, 1.54) is 4.68 Å². The van der Waals surface area contributed by atoms with Gasteiger partial charge in [-0.25, -0.2) is 4.68 Å². The number of anilines is 2. The summed E-state index contributed by atoms with van der Waals surface area (Å²) in [4.78, 5) is 12.5. The van der Waals surface area contributed by atoms with E-state index < -0.39 is 5.91 Å². The Balaban J connectivity index is 1.83. The smallest absolute Gasteiger partial charge is 0.280 e. The van der Waals surface area contributed by atoms with Crippen molar-refractivity contribution in [2.45, 2.75) is 27.3 Å². The van der Waals surface area contributed by atoms with Gasteiger partial charge >= 0.3 is 0 Å². The van der Waals surface area contributed by atoms with Crippen molar-refractivity contribution in [1.29, 1.82) is 0 Å². The van der Waals surface area contributed by atoms with E-state index in [0.717, 1.165) is 22.3 Å². The van der Waals surface area contributed by atoms with Crippen molar-refractivity contribution in [3.05, 3.63) is 69.4 Å². The molecule has 0 aliphatic carbocycles. The van der Waals surface area contributed by atoms with E-state index in [9.17, 15) is 4.79 Å². The van der Waals surface area contributed by atoms with Gasteiger partial charge in [0.25, 0.3) is 5.91 Å². The zero-order chi connectivity index (χ0) is 18.8. The highest BCUT2D eigenvalue weighted by molar-refractivity contribution is 6.31. The molecular formula is C19H20ClN5O. The van der Waals surface area contributed by atoms with Crippen LogP contribution >= 0.6 is 11.6 Å². The Hall–Kier alpha value is -2.86. The number of nitrogen functional groups attached to an aromatic ring is 1. The van der Waals surface area contributed by atoms with Gasteiger partial charge in [-0.15, -0.1) is 5.10 Å². The fourth-order valence-electron chi connectivity index (χ4n) is 2.66. The third kappa shape index (κ3) is 3.55. The number of halogens is 1. The Morgan fingerprint density at radius 1 is 1.23 bits per heavy atom. The Bertz CT molecular complexity index is 980. The van der Waals surface area contributed by atoms with Crippen LogP contribution in [0.15, 0.2) is 36.4 Å². The predicted octanol–water partition coefficient (Wildman–Crippen LogP) is 3.74. The minimum Gasteiger partial charge on any atom is -0.382 e. The van der Waals surface area contributed by atoms with Crippen LogP contribution in [0.3, 0.4) is 0 Å². The van der Waals surface area contributed by atoms with Crippen LogP contribution in [0.5, 0.6) is 0 Å². The maximum atomic E-state index is 12.5. The highest BCUT2D eigenvalue weighted by atomic mass is 35.5. The molecule has 26 heavy (non-hydrogen) atoms. The molecule has 2 aromatic carbocycles. The summed E-state index contributed by atoms with van der Waals surface area (Å²) in [6, 6.07) is 11.5. The first-order valence-electron chi connectivity index (χ1n) is 8.18. The number of carbonyl (C=O) groups excluding carboxylic acids is 1. The molecule has 7 heteroatoms. The summed E-state index contributed by atoms with van der Waals surface area (Å²) in [5, 5.41) is 11.4. The Morgan fingerprint density at radius 2 is 2.00 bits per heavy atom. The first-order valence-corrected chi connectivity index (χ1v) is 8.56. The Morgan fingerprint density at radius 3 is 2.77 bits per heavy atom. The number of carbonyl (C=O) groups is 1. The maximum Gasteiger partial charge on any atom is 0.280 e. The fraction of sp³-hybridized carbons (Fsp3) is 0.211. The molecule has 0 bridgehead atoms. The van der Waals surface area contributed by atoms with Gasteiger partial charge < -0.3 is 11.1 Å². The molecule has 0 aliphatic heterocycles. The number of nitrogens with one attached hydrogen (secondary N) is 1. The van der Waals surface area contributed by atoms with Gasteiger partial charge in [-0.2, -0.15) is 0 Å². The van der Waals surface area contributed by atoms with Gasteiger partial charge in [-0.1, -0.05) is 46.6 Å². The van der Waals surface area contributed by atoms with Gasteiger partial charge in [0, 0.05) is 10.7 Å². The summed E-state index contributed by atoms with van der Waals surface area (Å²) < 4.78 is 1.53. The first-order chi connectivity index (χ1) is 12.4. The number of aromatic nitrogens is 3. The van der Waals surface area contributed by atoms with Gasteiger partial charge in [0.2, 0.25) is 0 Å². The summed E-state index contributed by atoms with van der Waals surface area (Å²) in [5.41, 5.74) is 11.0.